The highest BCUT2D eigenvalue weighted by Gasteiger charge is 2.22. The molecule has 4 N–H and O–H groups in total. The predicted octanol–water partition coefficient (Wildman–Crippen LogP) is 3.44. The van der Waals surface area contributed by atoms with Gasteiger partial charge >= 0.3 is 0 Å². The lowest BCUT2D eigenvalue weighted by molar-refractivity contribution is 0.0618. The number of benzene rings is 1. The number of nitrogens with two attached hydrogens (primary N) is 1. The van der Waals surface area contributed by atoms with Gasteiger partial charge in [0.2, 0.25) is 0 Å². The Morgan fingerprint density at radius 3 is 2.60 bits per heavy atom. The van der Waals surface area contributed by atoms with E-state index in [1.807, 2.05) is 24.3 Å². The first-order valence-corrected chi connectivity index (χ1v) is 10.2. The smallest absolute Gasteiger partial charge is 0.152 e. The van der Waals surface area contributed by atoms with Crippen LogP contribution in [0.15, 0.2) is 36.7 Å². The maximum atomic E-state index is 10.5. The predicted molar refractivity (Wildman–Crippen MR) is 119 cm³/mol. The van der Waals surface area contributed by atoms with Crippen molar-refractivity contribution in [3.63, 3.8) is 0 Å². The lowest BCUT2D eigenvalue weighted by Crippen LogP contribution is -2.27. The number of aliphatic hydroxyl groups excluding tert-OH is 1. The molecule has 0 bridgehead atoms. The zero-order chi connectivity index (χ0) is 21.5. The van der Waals surface area contributed by atoms with E-state index in [0.29, 0.717) is 17.9 Å². The second kappa shape index (κ2) is 7.66. The van der Waals surface area contributed by atoms with Crippen LogP contribution in [0.1, 0.15) is 38.6 Å². The average molecular weight is 406 g/mol. The number of fused-ring (bicyclic) bond motifs is 3. The minimum atomic E-state index is -0.892. The van der Waals surface area contributed by atoms with Crippen LogP contribution in [0, 0.1) is 0 Å². The number of hydrogen-bond donors (Lipinski definition) is 3. The van der Waals surface area contributed by atoms with E-state index in [1.54, 1.807) is 26.2 Å². The van der Waals surface area contributed by atoms with Gasteiger partial charge in [-0.1, -0.05) is 19.1 Å². The molecular weight excluding hydrogens is 378 g/mol. The summed E-state index contributed by atoms with van der Waals surface area (Å²) in [4.78, 5) is 13.6. The first-order valence-electron chi connectivity index (χ1n) is 10.2. The molecule has 0 fully saturated rings. The maximum Gasteiger partial charge on any atom is 0.152 e. The van der Waals surface area contributed by atoms with Crippen LogP contribution in [-0.2, 0) is 19.6 Å². The number of nitrogen functional groups attached to an aromatic ring is 1. The van der Waals surface area contributed by atoms with Crippen molar-refractivity contribution in [2.75, 3.05) is 5.73 Å². The maximum absolute atomic E-state index is 10.5. The number of aliphatic hydroxyl groups is 2. The molecule has 4 rings (SSSR count). The largest absolute Gasteiger partial charge is 0.392 e. The molecule has 0 atom stereocenters. The van der Waals surface area contributed by atoms with Crippen LogP contribution in [0.25, 0.3) is 33.1 Å². The summed E-state index contributed by atoms with van der Waals surface area (Å²) in [7, 11) is 0. The van der Waals surface area contributed by atoms with E-state index in [9.17, 15) is 10.2 Å². The van der Waals surface area contributed by atoms with Crippen LogP contribution < -0.4 is 5.73 Å². The third-order valence-corrected chi connectivity index (χ3v) is 5.11. The van der Waals surface area contributed by atoms with Gasteiger partial charge in [-0.25, -0.2) is 9.97 Å². The van der Waals surface area contributed by atoms with E-state index in [0.717, 1.165) is 51.8 Å². The summed E-state index contributed by atoms with van der Waals surface area (Å²) in [5.41, 5.74) is 10.3. The van der Waals surface area contributed by atoms with Crippen molar-refractivity contribution >= 4 is 27.8 Å². The molecule has 0 spiro atoms. The molecule has 3 heterocycles. The van der Waals surface area contributed by atoms with E-state index < -0.39 is 5.60 Å². The van der Waals surface area contributed by atoms with Crippen molar-refractivity contribution in [1.29, 1.82) is 0 Å². The Morgan fingerprint density at radius 1 is 1.10 bits per heavy atom. The number of anilines is 1. The summed E-state index contributed by atoms with van der Waals surface area (Å²) in [6.45, 7) is 6.05. The average Bonchev–Trinajstić information content (AvgIpc) is 3.05. The molecule has 4 aromatic rings. The van der Waals surface area contributed by atoms with Crippen molar-refractivity contribution in [3.8, 4) is 11.1 Å². The number of imidazole rings is 1. The second-order valence-electron chi connectivity index (χ2n) is 8.34. The molecule has 7 heteroatoms. The SMILES string of the molecule is CCCc1nc2c(N)nc3cc(-c4cncc(CO)c4)ccc3c2n1CC(C)(C)O. The van der Waals surface area contributed by atoms with E-state index >= 15 is 0 Å². The number of rotatable bonds is 6. The molecule has 3 aromatic heterocycles. The van der Waals surface area contributed by atoms with Crippen molar-refractivity contribution in [3.05, 3.63) is 48.0 Å². The third-order valence-electron chi connectivity index (χ3n) is 5.11. The molecule has 0 aliphatic rings. The normalized spacial score (nSPS) is 12.2. The van der Waals surface area contributed by atoms with E-state index in [2.05, 4.69) is 21.5 Å². The van der Waals surface area contributed by atoms with E-state index in [1.165, 1.54) is 0 Å². The number of aromatic nitrogens is 4. The van der Waals surface area contributed by atoms with Crippen molar-refractivity contribution in [1.82, 2.24) is 19.5 Å². The van der Waals surface area contributed by atoms with Gasteiger partial charge in [0, 0.05) is 29.8 Å². The minimum absolute atomic E-state index is 0.0590. The summed E-state index contributed by atoms with van der Waals surface area (Å²) in [6.07, 6.45) is 5.15. The van der Waals surface area contributed by atoms with Gasteiger partial charge in [0.15, 0.2) is 5.82 Å². The van der Waals surface area contributed by atoms with Gasteiger partial charge in [0.05, 0.1) is 29.8 Å². The Balaban J connectivity index is 1.96. The van der Waals surface area contributed by atoms with Crippen molar-refractivity contribution < 1.29 is 10.2 Å². The Kier molecular flexibility index (Phi) is 5.17. The molecule has 0 aliphatic heterocycles. The highest BCUT2D eigenvalue weighted by Crippen LogP contribution is 2.33. The summed E-state index contributed by atoms with van der Waals surface area (Å²) < 4.78 is 2.08. The molecule has 0 saturated carbocycles. The van der Waals surface area contributed by atoms with Gasteiger partial charge < -0.3 is 20.5 Å². The van der Waals surface area contributed by atoms with Gasteiger partial charge in [-0.3, -0.25) is 4.98 Å². The second-order valence-corrected chi connectivity index (χ2v) is 8.34. The highest BCUT2D eigenvalue weighted by molar-refractivity contribution is 6.07. The van der Waals surface area contributed by atoms with Gasteiger partial charge in [-0.05, 0) is 43.5 Å². The molecular formula is C23H27N5O2. The molecule has 156 valence electrons. The van der Waals surface area contributed by atoms with Gasteiger partial charge in [0.1, 0.15) is 11.3 Å². The van der Waals surface area contributed by atoms with Crippen LogP contribution >= 0.6 is 0 Å². The van der Waals surface area contributed by atoms with E-state index in [4.69, 9.17) is 10.7 Å². The van der Waals surface area contributed by atoms with Crippen LogP contribution in [0.5, 0.6) is 0 Å². The Labute approximate surface area is 175 Å². The fourth-order valence-electron chi connectivity index (χ4n) is 3.84. The Hall–Kier alpha value is -3.03. The lowest BCUT2D eigenvalue weighted by atomic mass is 10.0. The third kappa shape index (κ3) is 3.74. The monoisotopic (exact) mass is 405 g/mol. The molecule has 0 aliphatic carbocycles. The van der Waals surface area contributed by atoms with Crippen molar-refractivity contribution in [2.45, 2.75) is 52.4 Å². The fraction of sp³-hybridized carbons (Fsp3) is 0.348. The number of aryl methyl sites for hydroxylation is 1. The summed E-state index contributed by atoms with van der Waals surface area (Å²) in [5, 5.41) is 20.8. The first kappa shape index (κ1) is 20.3. The number of pyridine rings is 2. The number of hydrogen-bond acceptors (Lipinski definition) is 6. The standard InChI is InChI=1S/C23H27N5O2/c1-4-5-19-27-20-21(28(19)13-23(2,3)30)17-7-6-15(9-18(17)26-22(20)24)16-8-14(12-29)10-25-11-16/h6-11,29-30H,4-5,12-13H2,1-3H3,(H2,24,26). The zero-order valence-electron chi connectivity index (χ0n) is 17.6. The van der Waals surface area contributed by atoms with E-state index in [-0.39, 0.29) is 6.61 Å². The summed E-state index contributed by atoms with van der Waals surface area (Å²) in [6, 6.07) is 7.92. The molecule has 7 nitrogen and oxygen atoms in total. The Morgan fingerprint density at radius 2 is 1.90 bits per heavy atom. The molecule has 1 aromatic carbocycles. The molecule has 0 unspecified atom stereocenters. The molecule has 0 saturated heterocycles. The Bertz CT molecular complexity index is 1220. The fourth-order valence-corrected chi connectivity index (χ4v) is 3.84. The lowest BCUT2D eigenvalue weighted by Gasteiger charge is -2.20. The molecule has 0 amide bonds. The quantitative estimate of drug-likeness (QED) is 0.453. The highest BCUT2D eigenvalue weighted by atomic mass is 16.3. The minimum Gasteiger partial charge on any atom is -0.392 e. The topological polar surface area (TPSA) is 110 Å². The first-order chi connectivity index (χ1) is 14.3. The number of nitrogens with zero attached hydrogens (tertiary/aromatic N) is 4. The van der Waals surface area contributed by atoms with Gasteiger partial charge in [0.25, 0.3) is 0 Å². The summed E-state index contributed by atoms with van der Waals surface area (Å²) >= 11 is 0. The van der Waals surface area contributed by atoms with Crippen LogP contribution in [0.4, 0.5) is 5.82 Å². The summed E-state index contributed by atoms with van der Waals surface area (Å²) in [5.74, 6) is 1.28. The van der Waals surface area contributed by atoms with Crippen LogP contribution in [0.3, 0.4) is 0 Å². The molecule has 30 heavy (non-hydrogen) atoms. The van der Waals surface area contributed by atoms with Crippen LogP contribution in [-0.4, -0.2) is 35.3 Å². The molecule has 0 radical (unpaired) electrons. The zero-order valence-corrected chi connectivity index (χ0v) is 17.6. The van der Waals surface area contributed by atoms with Crippen molar-refractivity contribution in [2.24, 2.45) is 0 Å². The van der Waals surface area contributed by atoms with Gasteiger partial charge in [-0.15, -0.1) is 0 Å². The van der Waals surface area contributed by atoms with Gasteiger partial charge in [-0.2, -0.15) is 0 Å². The van der Waals surface area contributed by atoms with Crippen LogP contribution in [0.2, 0.25) is 0 Å².